The Balaban J connectivity index is 2.01. The van der Waals surface area contributed by atoms with Crippen LogP contribution in [-0.4, -0.2) is 34.5 Å². The Morgan fingerprint density at radius 1 is 1.53 bits per heavy atom. The van der Waals surface area contributed by atoms with E-state index in [-0.39, 0.29) is 5.92 Å². The zero-order valence-electron chi connectivity index (χ0n) is 9.96. The van der Waals surface area contributed by atoms with Crippen molar-refractivity contribution >= 4 is 29.2 Å². The Morgan fingerprint density at radius 2 is 2.26 bits per heavy atom. The molecule has 19 heavy (non-hydrogen) atoms. The number of thiophene rings is 1. The van der Waals surface area contributed by atoms with E-state index in [9.17, 15) is 14.4 Å². The van der Waals surface area contributed by atoms with Crippen LogP contribution in [0.4, 0.5) is 4.79 Å². The first-order valence-electron chi connectivity index (χ1n) is 5.95. The lowest BCUT2D eigenvalue weighted by atomic mass is 9.91. The highest BCUT2D eigenvalue weighted by Crippen LogP contribution is 2.50. The minimum Gasteiger partial charge on any atom is -0.480 e. The van der Waals surface area contributed by atoms with Gasteiger partial charge < -0.3 is 10.4 Å². The van der Waals surface area contributed by atoms with Crippen LogP contribution in [-0.2, 0) is 15.1 Å². The molecule has 2 heterocycles. The van der Waals surface area contributed by atoms with E-state index in [2.05, 4.69) is 5.32 Å². The van der Waals surface area contributed by atoms with E-state index in [0.717, 1.165) is 22.6 Å². The molecule has 2 N–H and O–H groups in total. The van der Waals surface area contributed by atoms with Crippen molar-refractivity contribution in [2.24, 2.45) is 5.92 Å². The molecule has 2 fully saturated rings. The number of urea groups is 1. The van der Waals surface area contributed by atoms with Crippen LogP contribution in [0.25, 0.3) is 0 Å². The van der Waals surface area contributed by atoms with Crippen molar-refractivity contribution in [1.82, 2.24) is 10.2 Å². The third kappa shape index (κ3) is 1.73. The number of aliphatic carboxylic acids is 1. The third-order valence-electron chi connectivity index (χ3n) is 3.52. The number of hydrogen-bond donors (Lipinski definition) is 2. The molecule has 6 nitrogen and oxygen atoms in total. The molecule has 7 heteroatoms. The second-order valence-corrected chi connectivity index (χ2v) is 5.72. The van der Waals surface area contributed by atoms with Gasteiger partial charge in [0.25, 0.3) is 5.91 Å². The molecule has 0 spiro atoms. The Hall–Kier alpha value is -1.89. The van der Waals surface area contributed by atoms with Gasteiger partial charge in [-0.05, 0) is 30.2 Å². The zero-order chi connectivity index (χ0) is 13.6. The molecule has 100 valence electrons. The van der Waals surface area contributed by atoms with Crippen LogP contribution in [0, 0.1) is 5.92 Å². The predicted octanol–water partition coefficient (Wildman–Crippen LogP) is 0.990. The van der Waals surface area contributed by atoms with Gasteiger partial charge in [-0.1, -0.05) is 6.07 Å². The van der Waals surface area contributed by atoms with Crippen LogP contribution in [0.2, 0.25) is 0 Å². The summed E-state index contributed by atoms with van der Waals surface area (Å²) in [7, 11) is 0. The maximum absolute atomic E-state index is 12.5. The van der Waals surface area contributed by atoms with Gasteiger partial charge in [-0.3, -0.25) is 14.5 Å². The van der Waals surface area contributed by atoms with E-state index < -0.39 is 30.0 Å². The van der Waals surface area contributed by atoms with Gasteiger partial charge in [0.1, 0.15) is 6.54 Å². The van der Waals surface area contributed by atoms with Crippen LogP contribution < -0.4 is 5.32 Å². The molecule has 0 bridgehead atoms. The van der Waals surface area contributed by atoms with E-state index >= 15 is 0 Å². The van der Waals surface area contributed by atoms with Crippen molar-refractivity contribution in [3.63, 3.8) is 0 Å². The van der Waals surface area contributed by atoms with E-state index in [1.54, 1.807) is 0 Å². The molecule has 3 amide bonds. The highest BCUT2D eigenvalue weighted by molar-refractivity contribution is 7.10. The molecule has 1 aliphatic heterocycles. The Labute approximate surface area is 113 Å². The summed E-state index contributed by atoms with van der Waals surface area (Å²) >= 11 is 1.40. The SMILES string of the molecule is O=C(O)CN1C(=O)NC(c2cccs2)(C2CC2)C1=O. The lowest BCUT2D eigenvalue weighted by Gasteiger charge is -2.25. The first-order chi connectivity index (χ1) is 9.05. The molecule has 1 aliphatic carbocycles. The maximum Gasteiger partial charge on any atom is 0.325 e. The van der Waals surface area contributed by atoms with Crippen molar-refractivity contribution in [2.45, 2.75) is 18.4 Å². The van der Waals surface area contributed by atoms with Crippen molar-refractivity contribution in [3.8, 4) is 0 Å². The molecule has 3 rings (SSSR count). The van der Waals surface area contributed by atoms with Gasteiger partial charge in [0.15, 0.2) is 5.54 Å². The average Bonchev–Trinajstić information content (AvgIpc) is 3.00. The zero-order valence-corrected chi connectivity index (χ0v) is 10.8. The molecule has 1 saturated heterocycles. The quantitative estimate of drug-likeness (QED) is 0.805. The monoisotopic (exact) mass is 280 g/mol. The second kappa shape index (κ2) is 4.06. The van der Waals surface area contributed by atoms with Gasteiger partial charge in [-0.15, -0.1) is 11.3 Å². The normalized spacial score (nSPS) is 26.6. The molecule has 1 aromatic heterocycles. The molecule has 1 unspecified atom stereocenters. The van der Waals surface area contributed by atoms with E-state index in [4.69, 9.17) is 5.11 Å². The topological polar surface area (TPSA) is 86.7 Å². The summed E-state index contributed by atoms with van der Waals surface area (Å²) in [6.07, 6.45) is 1.73. The molecule has 0 radical (unpaired) electrons. The number of amides is 3. The number of carboxylic acids is 1. The minimum absolute atomic E-state index is 0.0707. The van der Waals surface area contributed by atoms with Crippen molar-refractivity contribution in [1.29, 1.82) is 0 Å². The molecule has 0 aromatic carbocycles. The van der Waals surface area contributed by atoms with Gasteiger partial charge in [0, 0.05) is 4.88 Å². The Morgan fingerprint density at radius 3 is 2.79 bits per heavy atom. The van der Waals surface area contributed by atoms with Crippen molar-refractivity contribution < 1.29 is 19.5 Å². The largest absolute Gasteiger partial charge is 0.480 e. The summed E-state index contributed by atoms with van der Waals surface area (Å²) in [5.41, 5.74) is -1.04. The maximum atomic E-state index is 12.5. The summed E-state index contributed by atoms with van der Waals surface area (Å²) in [6, 6.07) is 3.02. The van der Waals surface area contributed by atoms with Gasteiger partial charge >= 0.3 is 12.0 Å². The Kier molecular flexibility index (Phi) is 2.60. The number of rotatable bonds is 4. The number of imide groups is 1. The number of hydrogen-bond acceptors (Lipinski definition) is 4. The average molecular weight is 280 g/mol. The lowest BCUT2D eigenvalue weighted by molar-refractivity contribution is -0.143. The van der Waals surface area contributed by atoms with Crippen LogP contribution in [0.1, 0.15) is 17.7 Å². The number of carboxylic acid groups (broad SMARTS) is 1. The highest BCUT2D eigenvalue weighted by atomic mass is 32.1. The lowest BCUT2D eigenvalue weighted by Crippen LogP contribution is -2.45. The molecule has 1 saturated carbocycles. The van der Waals surface area contributed by atoms with Crippen LogP contribution >= 0.6 is 11.3 Å². The standard InChI is InChI=1S/C12H12N2O4S/c15-9(16)6-14-10(17)12(7-3-4-7,13-11(14)18)8-2-1-5-19-8/h1-2,5,7H,3-4,6H2,(H,13,18)(H,15,16). The van der Waals surface area contributed by atoms with Gasteiger partial charge in [-0.25, -0.2) is 4.79 Å². The molecular weight excluding hydrogens is 268 g/mol. The van der Waals surface area contributed by atoms with E-state index in [1.165, 1.54) is 11.3 Å². The number of nitrogens with zero attached hydrogens (tertiary/aromatic N) is 1. The number of carbonyl (C=O) groups is 3. The minimum atomic E-state index is -1.19. The number of carbonyl (C=O) groups excluding carboxylic acids is 2. The van der Waals surface area contributed by atoms with E-state index in [1.807, 2.05) is 17.5 Å². The fraction of sp³-hybridized carbons (Fsp3) is 0.417. The molecule has 2 aliphatic rings. The smallest absolute Gasteiger partial charge is 0.325 e. The first-order valence-corrected chi connectivity index (χ1v) is 6.83. The van der Waals surface area contributed by atoms with Crippen molar-refractivity contribution in [3.05, 3.63) is 22.4 Å². The fourth-order valence-electron chi connectivity index (χ4n) is 2.54. The summed E-state index contributed by atoms with van der Waals surface area (Å²) in [5, 5.41) is 13.4. The third-order valence-corrected chi connectivity index (χ3v) is 4.53. The second-order valence-electron chi connectivity index (χ2n) is 4.77. The van der Waals surface area contributed by atoms with Crippen molar-refractivity contribution in [2.75, 3.05) is 6.54 Å². The van der Waals surface area contributed by atoms with Crippen LogP contribution in [0.3, 0.4) is 0 Å². The number of nitrogens with one attached hydrogen (secondary N) is 1. The van der Waals surface area contributed by atoms with Gasteiger partial charge in [-0.2, -0.15) is 0 Å². The van der Waals surface area contributed by atoms with Crippen LogP contribution in [0.15, 0.2) is 17.5 Å². The van der Waals surface area contributed by atoms with Crippen LogP contribution in [0.5, 0.6) is 0 Å². The summed E-state index contributed by atoms with van der Waals surface area (Å²) < 4.78 is 0. The molecule has 1 aromatic rings. The molecular formula is C12H12N2O4S. The molecule has 1 atom stereocenters. The van der Waals surface area contributed by atoms with Gasteiger partial charge in [0.2, 0.25) is 0 Å². The highest BCUT2D eigenvalue weighted by Gasteiger charge is 2.60. The summed E-state index contributed by atoms with van der Waals surface area (Å²) in [5.74, 6) is -1.56. The Bertz CT molecular complexity index is 552. The summed E-state index contributed by atoms with van der Waals surface area (Å²) in [4.78, 5) is 36.8. The predicted molar refractivity (Wildman–Crippen MR) is 66.6 cm³/mol. The summed E-state index contributed by atoms with van der Waals surface area (Å²) in [6.45, 7) is -0.593. The first kappa shape index (κ1) is 12.2. The fourth-order valence-corrected chi connectivity index (χ4v) is 3.49. The van der Waals surface area contributed by atoms with Gasteiger partial charge in [0.05, 0.1) is 0 Å². The van der Waals surface area contributed by atoms with E-state index in [0.29, 0.717) is 0 Å².